The molecule has 1 N–H and O–H groups in total. The number of nitrogens with zero attached hydrogens (tertiary/aromatic N) is 1. The molecule has 0 aliphatic heterocycles. The van der Waals surface area contributed by atoms with Crippen LogP contribution in [0.2, 0.25) is 0 Å². The number of carbonyl (C=O) groups excluding carboxylic acids is 1. The molecule has 2 aromatic rings. The number of hydrogen-bond donors (Lipinski definition) is 1. The number of hydrogen-bond acceptors (Lipinski definition) is 3. The monoisotopic (exact) mass is 528 g/mol. The predicted molar refractivity (Wildman–Crippen MR) is 112 cm³/mol. The molecule has 0 atom stereocenters. The SMILES string of the molecule is CC(C=Cc1ccccc1)=NNC(=O)COc1c(Br)cc(Br)cc1Br. The molecule has 1 amide bonds. The molecule has 25 heavy (non-hydrogen) atoms. The fourth-order valence-corrected chi connectivity index (χ4v) is 4.29. The molecule has 0 radical (unpaired) electrons. The Kier molecular flexibility index (Phi) is 7.87. The number of ether oxygens (including phenoxy) is 1. The zero-order valence-electron chi connectivity index (χ0n) is 13.3. The number of allylic oxidation sites excluding steroid dienone is 1. The van der Waals surface area contributed by atoms with Gasteiger partial charge in [-0.15, -0.1) is 0 Å². The van der Waals surface area contributed by atoms with E-state index in [9.17, 15) is 4.79 Å². The molecule has 0 aliphatic carbocycles. The number of nitrogens with one attached hydrogen (secondary N) is 1. The third-order valence-corrected chi connectivity index (χ3v) is 4.62. The Morgan fingerprint density at radius 3 is 2.44 bits per heavy atom. The molecule has 2 aromatic carbocycles. The van der Waals surface area contributed by atoms with Gasteiger partial charge in [-0.2, -0.15) is 5.10 Å². The van der Waals surface area contributed by atoms with Crippen LogP contribution in [0.1, 0.15) is 12.5 Å². The highest BCUT2D eigenvalue weighted by Crippen LogP contribution is 2.36. The molecule has 0 spiro atoms. The van der Waals surface area contributed by atoms with Crippen LogP contribution in [0, 0.1) is 0 Å². The number of hydrazone groups is 1. The molecule has 130 valence electrons. The van der Waals surface area contributed by atoms with Gasteiger partial charge in [0, 0.05) is 4.47 Å². The van der Waals surface area contributed by atoms with Crippen LogP contribution in [0.15, 0.2) is 67.1 Å². The lowest BCUT2D eigenvalue weighted by molar-refractivity contribution is -0.123. The molecule has 7 heteroatoms. The van der Waals surface area contributed by atoms with E-state index in [1.165, 1.54) is 0 Å². The molecule has 4 nitrogen and oxygen atoms in total. The van der Waals surface area contributed by atoms with Crippen molar-refractivity contribution in [3.8, 4) is 5.75 Å². The lowest BCUT2D eigenvalue weighted by Gasteiger charge is -2.10. The summed E-state index contributed by atoms with van der Waals surface area (Å²) in [5.41, 5.74) is 4.22. The Morgan fingerprint density at radius 1 is 1.16 bits per heavy atom. The van der Waals surface area contributed by atoms with E-state index < -0.39 is 0 Å². The van der Waals surface area contributed by atoms with E-state index in [0.717, 1.165) is 19.0 Å². The molecule has 2 rings (SSSR count). The van der Waals surface area contributed by atoms with E-state index in [1.54, 1.807) is 0 Å². The zero-order chi connectivity index (χ0) is 18.2. The van der Waals surface area contributed by atoms with Gasteiger partial charge in [0.2, 0.25) is 0 Å². The summed E-state index contributed by atoms with van der Waals surface area (Å²) < 4.78 is 7.91. The normalized spacial score (nSPS) is 11.6. The quantitative estimate of drug-likeness (QED) is 0.393. The number of benzene rings is 2. The third kappa shape index (κ3) is 6.76. The predicted octanol–water partition coefficient (Wildman–Crippen LogP) is 5.56. The lowest BCUT2D eigenvalue weighted by Crippen LogP contribution is -2.25. The first-order valence-electron chi connectivity index (χ1n) is 7.29. The second-order valence-electron chi connectivity index (χ2n) is 5.02. The molecule has 0 bridgehead atoms. The van der Waals surface area contributed by atoms with E-state index in [0.29, 0.717) is 11.5 Å². The van der Waals surface area contributed by atoms with Crippen molar-refractivity contribution in [2.45, 2.75) is 6.92 Å². The van der Waals surface area contributed by atoms with Crippen LogP contribution in [0.5, 0.6) is 5.75 Å². The summed E-state index contributed by atoms with van der Waals surface area (Å²) in [6.45, 7) is 1.67. The third-order valence-electron chi connectivity index (χ3n) is 2.98. The largest absolute Gasteiger partial charge is 0.481 e. The number of carbonyl (C=O) groups is 1. The van der Waals surface area contributed by atoms with Gasteiger partial charge >= 0.3 is 0 Å². The van der Waals surface area contributed by atoms with E-state index in [-0.39, 0.29) is 12.5 Å². The number of rotatable bonds is 6. The van der Waals surface area contributed by atoms with E-state index in [2.05, 4.69) is 58.3 Å². The number of amides is 1. The second kappa shape index (κ2) is 9.89. The van der Waals surface area contributed by atoms with Crippen LogP contribution in [0.25, 0.3) is 6.08 Å². The van der Waals surface area contributed by atoms with Crippen LogP contribution in [-0.4, -0.2) is 18.2 Å². The maximum Gasteiger partial charge on any atom is 0.277 e. The average Bonchev–Trinajstić information content (AvgIpc) is 2.58. The van der Waals surface area contributed by atoms with Crippen LogP contribution >= 0.6 is 47.8 Å². The Bertz CT molecular complexity index is 782. The maximum absolute atomic E-state index is 11.9. The second-order valence-corrected chi connectivity index (χ2v) is 7.64. The van der Waals surface area contributed by atoms with Gasteiger partial charge in [0.15, 0.2) is 6.61 Å². The van der Waals surface area contributed by atoms with Gasteiger partial charge in [-0.3, -0.25) is 4.79 Å². The van der Waals surface area contributed by atoms with Gasteiger partial charge in [0.05, 0.1) is 14.7 Å². The van der Waals surface area contributed by atoms with Crippen molar-refractivity contribution in [2.24, 2.45) is 5.10 Å². The van der Waals surface area contributed by atoms with E-state index in [4.69, 9.17) is 4.74 Å². The summed E-state index contributed by atoms with van der Waals surface area (Å²) in [7, 11) is 0. The average molecular weight is 531 g/mol. The van der Waals surface area contributed by atoms with Crippen molar-refractivity contribution < 1.29 is 9.53 Å². The molecule has 0 aromatic heterocycles. The van der Waals surface area contributed by atoms with Gasteiger partial charge in [0.1, 0.15) is 5.75 Å². The van der Waals surface area contributed by atoms with Crippen molar-refractivity contribution in [3.63, 3.8) is 0 Å². The highest BCUT2D eigenvalue weighted by Gasteiger charge is 2.10. The first-order chi connectivity index (χ1) is 12.0. The maximum atomic E-state index is 11.9. The molecule has 0 saturated carbocycles. The first-order valence-corrected chi connectivity index (χ1v) is 9.67. The minimum absolute atomic E-state index is 0.141. The van der Waals surface area contributed by atoms with Crippen molar-refractivity contribution >= 4 is 65.5 Å². The molecule has 0 aliphatic rings. The van der Waals surface area contributed by atoms with Crippen LogP contribution in [0.3, 0.4) is 0 Å². The van der Waals surface area contributed by atoms with Gasteiger partial charge < -0.3 is 4.74 Å². The Labute approximate surface area is 171 Å². The zero-order valence-corrected chi connectivity index (χ0v) is 18.1. The summed E-state index contributed by atoms with van der Waals surface area (Å²) in [4.78, 5) is 11.9. The summed E-state index contributed by atoms with van der Waals surface area (Å²) in [5, 5.41) is 4.03. The highest BCUT2D eigenvalue weighted by atomic mass is 79.9. The summed E-state index contributed by atoms with van der Waals surface area (Å²) in [6, 6.07) is 13.5. The fraction of sp³-hybridized carbons (Fsp3) is 0.111. The summed E-state index contributed by atoms with van der Waals surface area (Å²) in [5.74, 6) is 0.220. The number of halogens is 3. The van der Waals surface area contributed by atoms with Gasteiger partial charge in [-0.25, -0.2) is 5.43 Å². The highest BCUT2D eigenvalue weighted by molar-refractivity contribution is 9.11. The van der Waals surface area contributed by atoms with E-state index >= 15 is 0 Å². The van der Waals surface area contributed by atoms with Crippen molar-refractivity contribution in [1.82, 2.24) is 5.43 Å². The summed E-state index contributed by atoms with van der Waals surface area (Å²) in [6.07, 6.45) is 3.76. The molecular formula is C18H15Br3N2O2. The Hall–Kier alpha value is -1.44. The fourth-order valence-electron chi connectivity index (χ4n) is 1.81. The molecular weight excluding hydrogens is 516 g/mol. The van der Waals surface area contributed by atoms with Crippen LogP contribution in [0.4, 0.5) is 0 Å². The molecule has 0 fully saturated rings. The minimum atomic E-state index is -0.339. The van der Waals surface area contributed by atoms with Crippen LogP contribution in [-0.2, 0) is 4.79 Å². The van der Waals surface area contributed by atoms with Crippen molar-refractivity contribution in [2.75, 3.05) is 6.61 Å². The smallest absolute Gasteiger partial charge is 0.277 e. The summed E-state index contributed by atoms with van der Waals surface area (Å²) >= 11 is 10.2. The molecule has 0 saturated heterocycles. The van der Waals surface area contributed by atoms with Crippen LogP contribution < -0.4 is 10.2 Å². The minimum Gasteiger partial charge on any atom is -0.481 e. The standard InChI is InChI=1S/C18H15Br3N2O2/c1-12(7-8-13-5-3-2-4-6-13)22-23-17(24)11-25-18-15(20)9-14(19)10-16(18)21/h2-10H,11H2,1H3,(H,23,24). The van der Waals surface area contributed by atoms with E-state index in [1.807, 2.05) is 61.5 Å². The van der Waals surface area contributed by atoms with Crippen molar-refractivity contribution in [1.29, 1.82) is 0 Å². The first kappa shape index (κ1) is 19.9. The van der Waals surface area contributed by atoms with Gasteiger partial charge in [0.25, 0.3) is 5.91 Å². The Morgan fingerprint density at radius 2 is 1.80 bits per heavy atom. The van der Waals surface area contributed by atoms with Gasteiger partial charge in [-0.1, -0.05) is 52.3 Å². The lowest BCUT2D eigenvalue weighted by atomic mass is 10.2. The molecule has 0 heterocycles. The Balaban J connectivity index is 1.87. The topological polar surface area (TPSA) is 50.7 Å². The van der Waals surface area contributed by atoms with Gasteiger partial charge in [-0.05, 0) is 62.6 Å². The van der Waals surface area contributed by atoms with Crippen molar-refractivity contribution in [3.05, 3.63) is 67.5 Å². The molecule has 0 unspecified atom stereocenters.